The van der Waals surface area contributed by atoms with E-state index in [0.717, 1.165) is 77.0 Å². The van der Waals surface area contributed by atoms with Gasteiger partial charge in [-0.1, -0.05) is 41.5 Å². The lowest BCUT2D eigenvalue weighted by Gasteiger charge is -2.60. The molecular weight excluding hydrogens is 817 g/mol. The summed E-state index contributed by atoms with van der Waals surface area (Å²) < 4.78 is 61.9. The summed E-state index contributed by atoms with van der Waals surface area (Å²) in [7, 11) is 0. The van der Waals surface area contributed by atoms with Crippen LogP contribution in [0.5, 0.6) is 0 Å². The molecule has 15 heteroatoms. The predicted octanol–water partition coefficient (Wildman–Crippen LogP) is 8.03. The largest absolute Gasteiger partial charge is 0.349 e. The molecule has 4 unspecified atom stereocenters. The number of hydrogen-bond donors (Lipinski definition) is 0. The van der Waals surface area contributed by atoms with Crippen molar-refractivity contribution in [2.45, 2.75) is 217 Å². The van der Waals surface area contributed by atoms with Gasteiger partial charge < -0.3 is 42.6 Å². The van der Waals surface area contributed by atoms with Crippen molar-refractivity contribution in [2.75, 3.05) is 13.2 Å². The molecule has 0 aromatic rings. The lowest BCUT2D eigenvalue weighted by molar-refractivity contribution is -0.580. The van der Waals surface area contributed by atoms with Crippen LogP contribution in [0.15, 0.2) is 0 Å². The molecule has 0 aromatic carbocycles. The first-order valence-electron chi connectivity index (χ1n) is 25.1. The summed E-state index contributed by atoms with van der Waals surface area (Å²) in [6.07, 6.45) is 7.16. The van der Waals surface area contributed by atoms with Gasteiger partial charge in [0.05, 0.1) is 13.2 Å². The van der Waals surface area contributed by atoms with Gasteiger partial charge in [0.2, 0.25) is 17.4 Å². The molecule has 63 heavy (non-hydrogen) atoms. The highest BCUT2D eigenvalue weighted by molar-refractivity contribution is 5.12. The number of fused-ring (bicyclic) bond motifs is 6. The lowest BCUT2D eigenvalue weighted by atomic mass is 9.58. The van der Waals surface area contributed by atoms with Gasteiger partial charge >= 0.3 is 0 Å². The van der Waals surface area contributed by atoms with Crippen LogP contribution in [-0.2, 0) is 72.0 Å². The van der Waals surface area contributed by atoms with Gasteiger partial charge in [-0.25, -0.2) is 29.3 Å². The number of rotatable bonds is 8. The maximum atomic E-state index is 7.16. The van der Waals surface area contributed by atoms with E-state index in [2.05, 4.69) is 41.5 Å². The summed E-state index contributed by atoms with van der Waals surface area (Å²) in [5, 5.41) is 0. The van der Waals surface area contributed by atoms with Crippen molar-refractivity contribution in [1.29, 1.82) is 0 Å². The van der Waals surface area contributed by atoms with Crippen molar-refractivity contribution in [3.05, 3.63) is 0 Å². The zero-order valence-electron chi connectivity index (χ0n) is 39.0. The molecule has 15 nitrogen and oxygen atoms in total. The topological polar surface area (TPSA) is 138 Å². The van der Waals surface area contributed by atoms with Crippen molar-refractivity contribution < 1.29 is 72.0 Å². The number of hydrogen-bond acceptors (Lipinski definition) is 15. The van der Waals surface area contributed by atoms with Crippen LogP contribution in [0.2, 0.25) is 0 Å². The average Bonchev–Trinajstić information content (AvgIpc) is 3.74. The first-order chi connectivity index (χ1) is 30.1. The van der Waals surface area contributed by atoms with Gasteiger partial charge in [-0.3, -0.25) is 0 Å². The zero-order valence-corrected chi connectivity index (χ0v) is 39.0. The van der Waals surface area contributed by atoms with Gasteiger partial charge in [0.25, 0.3) is 0 Å². The standard InChI is InChI=1S/C48H74O15/c1-24-10-13-34-27(4)37(52-40-46(34)31(24)16-19-43(7,55-40)58-61-46)49-22-30(51-39-29(6)36-15-12-26(3)33-18-21-45(9)57-42(54-39)48(33,36)63-60-45)23-50-38-28(5)35-14-11-25(2)32-17-20-44(8)56-41(53-38)47(32,35)62-59-44/h24-42H,10-23H2,1-9H3/t24-,25-,26-,27-,28-,29-,30?,31+,32+,33+,34+,35+,36+,37?,38?,39?,40-,41-,42-,43-,44+,45-,46-,47-,48-/m1/s1. The molecule has 12 heterocycles. The fourth-order valence-corrected chi connectivity index (χ4v) is 15.9. The molecule has 3 saturated carbocycles. The van der Waals surface area contributed by atoms with E-state index in [4.69, 9.17) is 72.0 Å². The third-order valence-electron chi connectivity index (χ3n) is 19.5. The molecule has 15 aliphatic rings. The SMILES string of the molecule is C[C@@H]1CC[C@H]2[C@@H](C)C(OCC(COC3O[C@@H]4O[C@]5(C)CC[C@H]6[C@H](C)CC[C@@H]([C@H]3C)[C@@]46OO5)OC3O[C@@H]4O[C@@]5(C)CC[C@H]6[C@H](C)CC[C@@H]([C@H]3C)[C@@]46OO5)O[C@@H]3O[C@@]4(C)CC[C@@H]1[C@]32OO4. The molecule has 356 valence electrons. The van der Waals surface area contributed by atoms with E-state index in [1.807, 2.05) is 20.8 Å². The average molecular weight is 891 g/mol. The van der Waals surface area contributed by atoms with E-state index < -0.39 is 78.0 Å². The Morgan fingerprint density at radius 3 is 1.11 bits per heavy atom. The minimum absolute atomic E-state index is 0.00269. The van der Waals surface area contributed by atoms with Crippen LogP contribution >= 0.6 is 0 Å². The van der Waals surface area contributed by atoms with Crippen LogP contribution in [0.4, 0.5) is 0 Å². The van der Waals surface area contributed by atoms with Gasteiger partial charge in [0.15, 0.2) is 54.5 Å². The van der Waals surface area contributed by atoms with Gasteiger partial charge in [-0.05, 0) is 114 Å². The van der Waals surface area contributed by atoms with Crippen molar-refractivity contribution in [3.8, 4) is 0 Å². The lowest BCUT2D eigenvalue weighted by Crippen LogP contribution is -2.71. The van der Waals surface area contributed by atoms with Crippen molar-refractivity contribution in [3.63, 3.8) is 0 Å². The Labute approximate surface area is 372 Å². The van der Waals surface area contributed by atoms with Gasteiger partial charge in [0, 0.05) is 54.8 Å². The molecule has 0 radical (unpaired) electrons. The Morgan fingerprint density at radius 2 is 0.746 bits per heavy atom. The molecule has 0 aromatic heterocycles. The maximum Gasteiger partial charge on any atom is 0.201 e. The smallest absolute Gasteiger partial charge is 0.201 e. The summed E-state index contributed by atoms with van der Waals surface area (Å²) in [4.78, 5) is 37.7. The fraction of sp³-hybridized carbons (Fsp3) is 1.00. The van der Waals surface area contributed by atoms with Crippen LogP contribution in [0.3, 0.4) is 0 Å². The Bertz CT molecular complexity index is 1660. The second-order valence-corrected chi connectivity index (χ2v) is 23.2. The monoisotopic (exact) mass is 891 g/mol. The molecule has 12 aliphatic heterocycles. The first kappa shape index (κ1) is 43.7. The summed E-state index contributed by atoms with van der Waals surface area (Å²) in [5.41, 5.74) is -2.07. The molecule has 15 fully saturated rings. The van der Waals surface area contributed by atoms with E-state index in [1.54, 1.807) is 0 Å². The summed E-state index contributed by atoms with van der Waals surface area (Å²) in [6.45, 7) is 19.9. The molecule has 0 amide bonds. The van der Waals surface area contributed by atoms with Gasteiger partial charge in [0.1, 0.15) is 6.10 Å². The minimum Gasteiger partial charge on any atom is -0.349 e. The Kier molecular flexibility index (Phi) is 10.5. The normalized spacial score (nSPS) is 60.5. The first-order valence-corrected chi connectivity index (χ1v) is 25.1. The highest BCUT2D eigenvalue weighted by atomic mass is 17.3. The molecule has 12 saturated heterocycles. The van der Waals surface area contributed by atoms with E-state index in [0.29, 0.717) is 17.8 Å². The maximum absolute atomic E-state index is 7.16. The summed E-state index contributed by atoms with van der Waals surface area (Å²) >= 11 is 0. The minimum atomic E-state index is -0.894. The van der Waals surface area contributed by atoms with Crippen molar-refractivity contribution >= 4 is 0 Å². The molecule has 3 spiro atoms. The van der Waals surface area contributed by atoms with Crippen LogP contribution in [-0.4, -0.2) is 91.2 Å². The number of ether oxygens (including phenoxy) is 9. The van der Waals surface area contributed by atoms with E-state index >= 15 is 0 Å². The highest BCUT2D eigenvalue weighted by Gasteiger charge is 2.73. The van der Waals surface area contributed by atoms with Gasteiger partial charge in [-0.2, -0.15) is 0 Å². The molecular formula is C48H74O15. The van der Waals surface area contributed by atoms with E-state index in [9.17, 15) is 0 Å². The quantitative estimate of drug-likeness (QED) is 0.217. The van der Waals surface area contributed by atoms with E-state index in [1.165, 1.54) is 0 Å². The Balaban J connectivity index is 0.818. The Morgan fingerprint density at radius 1 is 0.413 bits per heavy atom. The second kappa shape index (κ2) is 15.2. The fourth-order valence-electron chi connectivity index (χ4n) is 15.9. The molecule has 15 rings (SSSR count). The van der Waals surface area contributed by atoms with Crippen molar-refractivity contribution in [1.82, 2.24) is 0 Å². The highest BCUT2D eigenvalue weighted by Crippen LogP contribution is 2.64. The third-order valence-corrected chi connectivity index (χ3v) is 19.5. The third kappa shape index (κ3) is 6.37. The van der Waals surface area contributed by atoms with Crippen LogP contribution in [0.25, 0.3) is 0 Å². The molecule has 0 N–H and O–H groups in total. The molecule has 25 atom stereocenters. The van der Waals surface area contributed by atoms with Crippen molar-refractivity contribution in [2.24, 2.45) is 71.0 Å². The van der Waals surface area contributed by atoms with Gasteiger partial charge in [-0.15, -0.1) is 0 Å². The predicted molar refractivity (Wildman–Crippen MR) is 217 cm³/mol. The van der Waals surface area contributed by atoms with Crippen LogP contribution < -0.4 is 0 Å². The van der Waals surface area contributed by atoms with E-state index in [-0.39, 0.29) is 66.5 Å². The van der Waals surface area contributed by atoms with Crippen LogP contribution in [0.1, 0.15) is 139 Å². The van der Waals surface area contributed by atoms with Crippen LogP contribution in [0, 0.1) is 71.0 Å². The zero-order chi connectivity index (χ0) is 43.5. The summed E-state index contributed by atoms with van der Waals surface area (Å²) in [5.74, 6) is -0.179. The Hall–Kier alpha value is -0.600. The second-order valence-electron chi connectivity index (χ2n) is 23.2. The summed E-state index contributed by atoms with van der Waals surface area (Å²) in [6, 6.07) is 0. The molecule has 6 bridgehead atoms. The molecule has 3 aliphatic carbocycles.